The van der Waals surface area contributed by atoms with Gasteiger partial charge < -0.3 is 11.1 Å². The molecule has 1 aromatic heterocycles. The molecule has 0 radical (unpaired) electrons. The van der Waals surface area contributed by atoms with E-state index in [1.165, 1.54) is 6.33 Å². The number of anilines is 1. The first kappa shape index (κ1) is 10.8. The molecule has 0 aliphatic rings. The summed E-state index contributed by atoms with van der Waals surface area (Å²) in [7, 11) is 0. The molecule has 1 atom stereocenters. The van der Waals surface area contributed by atoms with Crippen molar-refractivity contribution in [2.45, 2.75) is 26.3 Å². The molecule has 0 aliphatic carbocycles. The topological polar surface area (TPSA) is 63.8 Å². The van der Waals surface area contributed by atoms with Crippen molar-refractivity contribution in [3.63, 3.8) is 0 Å². The Bertz CT molecular complexity index is 301. The second kappa shape index (κ2) is 4.85. The Balaban J connectivity index is 2.54. The molecule has 1 heterocycles. The van der Waals surface area contributed by atoms with E-state index in [1.54, 1.807) is 6.92 Å². The van der Waals surface area contributed by atoms with E-state index in [2.05, 4.69) is 15.3 Å². The van der Waals surface area contributed by atoms with Crippen LogP contribution in [-0.2, 0) is 0 Å². The highest BCUT2D eigenvalue weighted by molar-refractivity contribution is 5.36. The first-order chi connectivity index (χ1) is 6.61. The predicted molar refractivity (Wildman–Crippen MR) is 53.5 cm³/mol. The van der Waals surface area contributed by atoms with Crippen LogP contribution in [0.3, 0.4) is 0 Å². The van der Waals surface area contributed by atoms with Gasteiger partial charge in [-0.05, 0) is 20.3 Å². The Kier molecular flexibility index (Phi) is 3.76. The molecule has 0 aliphatic heterocycles. The number of rotatable bonds is 4. The van der Waals surface area contributed by atoms with Crippen molar-refractivity contribution in [2.75, 3.05) is 11.9 Å². The maximum Gasteiger partial charge on any atom is 0.186 e. The first-order valence-corrected chi connectivity index (χ1v) is 4.58. The molecule has 5 heteroatoms. The van der Waals surface area contributed by atoms with Gasteiger partial charge in [-0.15, -0.1) is 0 Å². The van der Waals surface area contributed by atoms with Gasteiger partial charge in [0.1, 0.15) is 6.33 Å². The minimum atomic E-state index is -0.392. The third-order valence-electron chi connectivity index (χ3n) is 1.86. The number of hydrogen-bond donors (Lipinski definition) is 2. The van der Waals surface area contributed by atoms with Gasteiger partial charge in [-0.3, -0.25) is 0 Å². The van der Waals surface area contributed by atoms with Crippen LogP contribution in [0.5, 0.6) is 0 Å². The number of aryl methyl sites for hydroxylation is 1. The van der Waals surface area contributed by atoms with E-state index in [0.717, 1.165) is 6.42 Å². The SMILES string of the molecule is Cc1ncnc(NCCC(C)N)c1F. The van der Waals surface area contributed by atoms with Crippen molar-refractivity contribution < 1.29 is 4.39 Å². The number of hydrogen-bond acceptors (Lipinski definition) is 4. The molecule has 1 aromatic rings. The molecule has 1 rings (SSSR count). The summed E-state index contributed by atoms with van der Waals surface area (Å²) < 4.78 is 13.3. The molecule has 0 bridgehead atoms. The van der Waals surface area contributed by atoms with Crippen LogP contribution in [0.25, 0.3) is 0 Å². The molecule has 0 aromatic carbocycles. The monoisotopic (exact) mass is 198 g/mol. The van der Waals surface area contributed by atoms with Crippen LogP contribution in [0.2, 0.25) is 0 Å². The van der Waals surface area contributed by atoms with E-state index >= 15 is 0 Å². The van der Waals surface area contributed by atoms with Crippen LogP contribution in [0, 0.1) is 12.7 Å². The van der Waals surface area contributed by atoms with Gasteiger partial charge in [0.25, 0.3) is 0 Å². The highest BCUT2D eigenvalue weighted by Crippen LogP contribution is 2.11. The molecular formula is C9H15FN4. The Labute approximate surface area is 82.8 Å². The molecule has 1 unspecified atom stereocenters. The largest absolute Gasteiger partial charge is 0.367 e. The van der Waals surface area contributed by atoms with Crippen LogP contribution in [0.4, 0.5) is 10.2 Å². The van der Waals surface area contributed by atoms with Crippen LogP contribution in [0.15, 0.2) is 6.33 Å². The number of halogens is 1. The second-order valence-electron chi connectivity index (χ2n) is 3.31. The predicted octanol–water partition coefficient (Wildman–Crippen LogP) is 1.07. The van der Waals surface area contributed by atoms with Crippen molar-refractivity contribution in [1.29, 1.82) is 0 Å². The summed E-state index contributed by atoms with van der Waals surface area (Å²) in [6, 6.07) is 0.105. The first-order valence-electron chi connectivity index (χ1n) is 4.58. The summed E-state index contributed by atoms with van der Waals surface area (Å²) >= 11 is 0. The second-order valence-corrected chi connectivity index (χ2v) is 3.31. The maximum absolute atomic E-state index is 13.3. The molecule has 0 amide bonds. The molecular weight excluding hydrogens is 183 g/mol. The Hall–Kier alpha value is -1.23. The van der Waals surface area contributed by atoms with Crippen molar-refractivity contribution in [3.8, 4) is 0 Å². The van der Waals surface area contributed by atoms with Crippen LogP contribution in [0.1, 0.15) is 19.0 Å². The van der Waals surface area contributed by atoms with Crippen LogP contribution < -0.4 is 11.1 Å². The molecule has 14 heavy (non-hydrogen) atoms. The van der Waals surface area contributed by atoms with E-state index < -0.39 is 5.82 Å². The average Bonchev–Trinajstić information content (AvgIpc) is 2.12. The quantitative estimate of drug-likeness (QED) is 0.759. The summed E-state index contributed by atoms with van der Waals surface area (Å²) in [4.78, 5) is 7.53. The van der Waals surface area contributed by atoms with Crippen LogP contribution >= 0.6 is 0 Å². The number of aromatic nitrogens is 2. The molecule has 0 spiro atoms. The summed E-state index contributed by atoms with van der Waals surface area (Å²) in [5.74, 6) is -0.143. The van der Waals surface area contributed by atoms with Crippen molar-refractivity contribution in [2.24, 2.45) is 5.73 Å². The van der Waals surface area contributed by atoms with Gasteiger partial charge in [0.15, 0.2) is 11.6 Å². The third-order valence-corrected chi connectivity index (χ3v) is 1.86. The van der Waals surface area contributed by atoms with E-state index in [9.17, 15) is 4.39 Å². The van der Waals surface area contributed by atoms with E-state index in [-0.39, 0.29) is 11.9 Å². The molecule has 0 saturated carbocycles. The van der Waals surface area contributed by atoms with E-state index in [1.807, 2.05) is 6.92 Å². The standard InChI is InChI=1S/C9H15FN4/c1-6(11)3-4-12-9-8(10)7(2)13-5-14-9/h5-6H,3-4,11H2,1-2H3,(H,12,13,14). The summed E-state index contributed by atoms with van der Waals surface area (Å²) in [5.41, 5.74) is 5.91. The Morgan fingerprint density at radius 1 is 1.57 bits per heavy atom. The zero-order chi connectivity index (χ0) is 10.6. The van der Waals surface area contributed by atoms with E-state index in [4.69, 9.17) is 5.73 Å². The van der Waals surface area contributed by atoms with Gasteiger partial charge in [0, 0.05) is 12.6 Å². The minimum absolute atomic E-state index is 0.105. The number of nitrogens with two attached hydrogens (primary N) is 1. The van der Waals surface area contributed by atoms with Gasteiger partial charge in [-0.25, -0.2) is 14.4 Å². The fourth-order valence-corrected chi connectivity index (χ4v) is 0.999. The van der Waals surface area contributed by atoms with Crippen LogP contribution in [-0.4, -0.2) is 22.6 Å². The summed E-state index contributed by atoms with van der Waals surface area (Å²) in [6.45, 7) is 4.13. The Morgan fingerprint density at radius 2 is 2.29 bits per heavy atom. The molecule has 0 saturated heterocycles. The normalized spacial score (nSPS) is 12.6. The zero-order valence-electron chi connectivity index (χ0n) is 8.42. The van der Waals surface area contributed by atoms with Gasteiger partial charge >= 0.3 is 0 Å². The van der Waals surface area contributed by atoms with Gasteiger partial charge in [0.2, 0.25) is 0 Å². The average molecular weight is 198 g/mol. The fourth-order valence-electron chi connectivity index (χ4n) is 0.999. The van der Waals surface area contributed by atoms with Crippen molar-refractivity contribution in [3.05, 3.63) is 17.8 Å². The lowest BCUT2D eigenvalue weighted by Crippen LogP contribution is -2.19. The van der Waals surface area contributed by atoms with Gasteiger partial charge in [0.05, 0.1) is 5.69 Å². The van der Waals surface area contributed by atoms with Crippen molar-refractivity contribution in [1.82, 2.24) is 9.97 Å². The maximum atomic E-state index is 13.3. The fraction of sp³-hybridized carbons (Fsp3) is 0.556. The highest BCUT2D eigenvalue weighted by atomic mass is 19.1. The highest BCUT2D eigenvalue weighted by Gasteiger charge is 2.06. The molecule has 4 nitrogen and oxygen atoms in total. The van der Waals surface area contributed by atoms with E-state index in [0.29, 0.717) is 12.2 Å². The summed E-state index contributed by atoms with van der Waals surface area (Å²) in [5, 5.41) is 2.88. The zero-order valence-corrected chi connectivity index (χ0v) is 8.42. The number of nitrogens with zero attached hydrogens (tertiary/aromatic N) is 2. The summed E-state index contributed by atoms with van der Waals surface area (Å²) in [6.07, 6.45) is 2.12. The lowest BCUT2D eigenvalue weighted by Gasteiger charge is -2.08. The van der Waals surface area contributed by atoms with Gasteiger partial charge in [-0.2, -0.15) is 0 Å². The number of nitrogens with one attached hydrogen (secondary N) is 1. The minimum Gasteiger partial charge on any atom is -0.367 e. The van der Waals surface area contributed by atoms with Gasteiger partial charge in [-0.1, -0.05) is 0 Å². The Morgan fingerprint density at radius 3 is 2.93 bits per heavy atom. The lowest BCUT2D eigenvalue weighted by molar-refractivity contribution is 0.602. The molecule has 0 fully saturated rings. The molecule has 78 valence electrons. The smallest absolute Gasteiger partial charge is 0.186 e. The lowest BCUT2D eigenvalue weighted by atomic mass is 10.2. The molecule has 3 N–H and O–H groups in total. The third kappa shape index (κ3) is 2.92. The van der Waals surface area contributed by atoms with Crippen molar-refractivity contribution >= 4 is 5.82 Å².